The SMILES string of the molecule is CC(=O)Nc1ccc(NC(=O)CSc2nnc3[nH]c(=O)c(C(C)(C)C)nn23)cc1. The van der Waals surface area contributed by atoms with Crippen molar-refractivity contribution in [1.82, 2.24) is 24.8 Å². The van der Waals surface area contributed by atoms with Crippen molar-refractivity contribution in [3.63, 3.8) is 0 Å². The maximum absolute atomic E-state index is 12.2. The van der Waals surface area contributed by atoms with E-state index >= 15 is 0 Å². The van der Waals surface area contributed by atoms with Crippen LogP contribution >= 0.6 is 11.8 Å². The van der Waals surface area contributed by atoms with Crippen LogP contribution in [-0.4, -0.2) is 42.4 Å². The first kappa shape index (κ1) is 20.5. The molecule has 0 aliphatic rings. The van der Waals surface area contributed by atoms with E-state index in [4.69, 9.17) is 0 Å². The maximum Gasteiger partial charge on any atom is 0.274 e. The highest BCUT2D eigenvalue weighted by Gasteiger charge is 2.22. The smallest absolute Gasteiger partial charge is 0.274 e. The molecule has 0 atom stereocenters. The fourth-order valence-corrected chi connectivity index (χ4v) is 3.17. The largest absolute Gasteiger partial charge is 0.326 e. The van der Waals surface area contributed by atoms with Gasteiger partial charge in [0.1, 0.15) is 5.69 Å². The van der Waals surface area contributed by atoms with Crippen molar-refractivity contribution in [2.75, 3.05) is 16.4 Å². The Labute approximate surface area is 170 Å². The number of rotatable bonds is 5. The molecule has 2 aromatic heterocycles. The third-order valence-corrected chi connectivity index (χ3v) is 4.70. The van der Waals surface area contributed by atoms with E-state index in [1.807, 2.05) is 20.8 Å². The number of thioether (sulfide) groups is 1. The van der Waals surface area contributed by atoms with Crippen LogP contribution in [0.15, 0.2) is 34.2 Å². The number of benzene rings is 1. The molecular formula is C18H21N7O3S. The zero-order valence-corrected chi connectivity index (χ0v) is 17.3. The van der Waals surface area contributed by atoms with Gasteiger partial charge in [-0.3, -0.25) is 19.4 Å². The van der Waals surface area contributed by atoms with Gasteiger partial charge in [0.15, 0.2) is 0 Å². The van der Waals surface area contributed by atoms with Crippen molar-refractivity contribution in [1.29, 1.82) is 0 Å². The minimum absolute atomic E-state index is 0.0832. The van der Waals surface area contributed by atoms with E-state index in [2.05, 4.69) is 30.9 Å². The number of carbonyl (C=O) groups excluding carboxylic acids is 2. The Balaban J connectivity index is 1.68. The Bertz CT molecular complexity index is 1110. The average Bonchev–Trinajstić information content (AvgIpc) is 3.01. The Morgan fingerprint density at radius 3 is 2.31 bits per heavy atom. The van der Waals surface area contributed by atoms with Crippen molar-refractivity contribution in [3.8, 4) is 0 Å². The molecule has 0 spiro atoms. The molecule has 1 aromatic carbocycles. The number of nitrogens with zero attached hydrogens (tertiary/aromatic N) is 4. The van der Waals surface area contributed by atoms with Crippen molar-refractivity contribution in [2.45, 2.75) is 38.3 Å². The first-order chi connectivity index (χ1) is 13.6. The molecule has 3 N–H and O–H groups in total. The summed E-state index contributed by atoms with van der Waals surface area (Å²) >= 11 is 1.16. The van der Waals surface area contributed by atoms with Gasteiger partial charge in [-0.1, -0.05) is 32.5 Å². The Kier molecular flexibility index (Phi) is 5.69. The molecule has 0 aliphatic carbocycles. The van der Waals surface area contributed by atoms with E-state index in [0.717, 1.165) is 11.8 Å². The van der Waals surface area contributed by atoms with Gasteiger partial charge in [-0.15, -0.1) is 10.2 Å². The summed E-state index contributed by atoms with van der Waals surface area (Å²) in [6, 6.07) is 6.79. The number of amides is 2. The molecule has 2 heterocycles. The molecular weight excluding hydrogens is 394 g/mol. The second kappa shape index (κ2) is 8.03. The van der Waals surface area contributed by atoms with Crippen LogP contribution < -0.4 is 16.2 Å². The Hall–Kier alpha value is -3.21. The number of fused-ring (bicyclic) bond motifs is 1. The first-order valence-corrected chi connectivity index (χ1v) is 9.78. The number of aromatic amines is 1. The summed E-state index contributed by atoms with van der Waals surface area (Å²) < 4.78 is 1.43. The first-order valence-electron chi connectivity index (χ1n) is 8.80. The fraction of sp³-hybridized carbons (Fsp3) is 0.333. The molecule has 0 aliphatic heterocycles. The van der Waals surface area contributed by atoms with E-state index in [-0.39, 0.29) is 28.9 Å². The van der Waals surface area contributed by atoms with Crippen LogP contribution in [-0.2, 0) is 15.0 Å². The third kappa shape index (κ3) is 4.99. The van der Waals surface area contributed by atoms with Gasteiger partial charge in [-0.25, -0.2) is 0 Å². The van der Waals surface area contributed by atoms with Crippen LogP contribution in [0.4, 0.5) is 11.4 Å². The van der Waals surface area contributed by atoms with Crippen molar-refractivity contribution < 1.29 is 9.59 Å². The normalized spacial score (nSPS) is 11.4. The van der Waals surface area contributed by atoms with Gasteiger partial charge < -0.3 is 10.6 Å². The number of hydrogen-bond acceptors (Lipinski definition) is 7. The monoisotopic (exact) mass is 415 g/mol. The number of nitrogens with one attached hydrogen (secondary N) is 3. The number of aromatic nitrogens is 5. The van der Waals surface area contributed by atoms with Crippen molar-refractivity contribution in [2.24, 2.45) is 0 Å². The van der Waals surface area contributed by atoms with E-state index in [9.17, 15) is 14.4 Å². The topological polar surface area (TPSA) is 134 Å². The van der Waals surface area contributed by atoms with Crippen LogP contribution in [0.3, 0.4) is 0 Å². The molecule has 0 saturated heterocycles. The van der Waals surface area contributed by atoms with E-state index < -0.39 is 5.41 Å². The summed E-state index contributed by atoms with van der Waals surface area (Å²) in [6.45, 7) is 7.09. The number of hydrogen-bond donors (Lipinski definition) is 3. The van der Waals surface area contributed by atoms with Crippen LogP contribution in [0.5, 0.6) is 0 Å². The molecule has 10 nitrogen and oxygen atoms in total. The minimum atomic E-state index is -0.450. The quantitative estimate of drug-likeness (QED) is 0.541. The molecule has 0 radical (unpaired) electrons. The summed E-state index contributed by atoms with van der Waals surface area (Å²) in [5, 5.41) is 18.1. The maximum atomic E-state index is 12.2. The Morgan fingerprint density at radius 1 is 1.10 bits per heavy atom. The van der Waals surface area contributed by atoms with Gasteiger partial charge >= 0.3 is 0 Å². The summed E-state index contributed by atoms with van der Waals surface area (Å²) in [5.74, 6) is -0.0952. The number of H-pyrrole nitrogens is 1. The summed E-state index contributed by atoms with van der Waals surface area (Å²) in [6.07, 6.45) is 0. The molecule has 11 heteroatoms. The Morgan fingerprint density at radius 2 is 1.72 bits per heavy atom. The highest BCUT2D eigenvalue weighted by molar-refractivity contribution is 7.99. The molecule has 3 rings (SSSR count). The predicted octanol–water partition coefficient (Wildman–Crippen LogP) is 1.80. The highest BCUT2D eigenvalue weighted by Crippen LogP contribution is 2.19. The summed E-state index contributed by atoms with van der Waals surface area (Å²) in [7, 11) is 0. The van der Waals surface area contributed by atoms with Gasteiger partial charge in [-0.05, 0) is 24.3 Å². The highest BCUT2D eigenvalue weighted by atomic mass is 32.2. The zero-order valence-electron chi connectivity index (χ0n) is 16.4. The average molecular weight is 415 g/mol. The van der Waals surface area contributed by atoms with E-state index in [0.29, 0.717) is 22.2 Å². The number of anilines is 2. The third-order valence-electron chi connectivity index (χ3n) is 3.78. The molecule has 0 fully saturated rings. The molecule has 2 amide bonds. The van der Waals surface area contributed by atoms with Crippen molar-refractivity contribution >= 4 is 40.7 Å². The van der Waals surface area contributed by atoms with Gasteiger partial charge in [0.2, 0.25) is 17.0 Å². The van der Waals surface area contributed by atoms with Crippen LogP contribution in [0, 0.1) is 0 Å². The van der Waals surface area contributed by atoms with Gasteiger partial charge in [0.05, 0.1) is 5.75 Å². The lowest BCUT2D eigenvalue weighted by molar-refractivity contribution is -0.114. The lowest BCUT2D eigenvalue weighted by atomic mass is 9.93. The van der Waals surface area contributed by atoms with Crippen LogP contribution in [0.25, 0.3) is 5.78 Å². The second-order valence-corrected chi connectivity index (χ2v) is 8.31. The van der Waals surface area contributed by atoms with Gasteiger partial charge in [0, 0.05) is 23.7 Å². The van der Waals surface area contributed by atoms with Crippen LogP contribution in [0.1, 0.15) is 33.4 Å². The zero-order chi connectivity index (χ0) is 21.2. The molecule has 0 unspecified atom stereocenters. The van der Waals surface area contributed by atoms with Gasteiger partial charge in [0.25, 0.3) is 11.3 Å². The molecule has 0 saturated carbocycles. The van der Waals surface area contributed by atoms with Crippen LogP contribution in [0.2, 0.25) is 0 Å². The molecule has 3 aromatic rings. The summed E-state index contributed by atoms with van der Waals surface area (Å²) in [4.78, 5) is 38.1. The lowest BCUT2D eigenvalue weighted by Crippen LogP contribution is -2.28. The second-order valence-electron chi connectivity index (χ2n) is 7.37. The number of carbonyl (C=O) groups is 2. The van der Waals surface area contributed by atoms with E-state index in [1.165, 1.54) is 11.4 Å². The molecule has 29 heavy (non-hydrogen) atoms. The lowest BCUT2D eigenvalue weighted by Gasteiger charge is -2.15. The molecule has 0 bridgehead atoms. The predicted molar refractivity (Wildman–Crippen MR) is 110 cm³/mol. The van der Waals surface area contributed by atoms with Crippen molar-refractivity contribution in [3.05, 3.63) is 40.3 Å². The van der Waals surface area contributed by atoms with Gasteiger partial charge in [-0.2, -0.15) is 9.61 Å². The molecule has 152 valence electrons. The van der Waals surface area contributed by atoms with E-state index in [1.54, 1.807) is 24.3 Å². The fourth-order valence-electron chi connectivity index (χ4n) is 2.49. The summed E-state index contributed by atoms with van der Waals surface area (Å²) in [5.41, 5.74) is 0.849. The standard InChI is InChI=1S/C18H21N7O3S/c1-10(26)19-11-5-7-12(8-6-11)20-13(27)9-29-17-23-22-16-21-15(28)14(18(2,3)4)24-25(16)17/h5-8H,9H2,1-4H3,(H,19,26)(H,20,27)(H,21,22,28). The minimum Gasteiger partial charge on any atom is -0.326 e.